The third-order valence-corrected chi connectivity index (χ3v) is 3.13. The minimum atomic E-state index is -0.0767. The predicted octanol–water partition coefficient (Wildman–Crippen LogP) is 2.39. The summed E-state index contributed by atoms with van der Waals surface area (Å²) < 4.78 is 5.23. The molecule has 1 aliphatic rings. The normalized spacial score (nSPS) is 16.6. The van der Waals surface area contributed by atoms with E-state index < -0.39 is 0 Å². The highest BCUT2D eigenvalue weighted by atomic mass is 32.1. The van der Waals surface area contributed by atoms with E-state index in [9.17, 15) is 4.79 Å². The van der Waals surface area contributed by atoms with E-state index in [1.165, 1.54) is 6.42 Å². The number of hydrogen-bond acceptors (Lipinski definition) is 3. The Hall–Kier alpha value is -0.830. The van der Waals surface area contributed by atoms with Gasteiger partial charge >= 0.3 is 5.97 Å². The summed E-state index contributed by atoms with van der Waals surface area (Å²) in [6.45, 7) is 0. The van der Waals surface area contributed by atoms with Gasteiger partial charge in [0.2, 0.25) is 0 Å². The fourth-order valence-corrected chi connectivity index (χ4v) is 1.96. The molecule has 0 aliphatic heterocycles. The molecule has 1 aromatic rings. The van der Waals surface area contributed by atoms with E-state index in [0.29, 0.717) is 6.42 Å². The van der Waals surface area contributed by atoms with Crippen molar-refractivity contribution in [1.29, 1.82) is 0 Å². The Morgan fingerprint density at radius 2 is 2.46 bits per heavy atom. The van der Waals surface area contributed by atoms with Crippen molar-refractivity contribution in [2.75, 3.05) is 0 Å². The van der Waals surface area contributed by atoms with E-state index in [0.717, 1.165) is 17.7 Å². The van der Waals surface area contributed by atoms with E-state index >= 15 is 0 Å². The Kier molecular flexibility index (Phi) is 2.64. The number of rotatable bonds is 3. The molecule has 0 spiro atoms. The van der Waals surface area contributed by atoms with Gasteiger partial charge in [0.25, 0.3) is 0 Å². The van der Waals surface area contributed by atoms with Crippen molar-refractivity contribution in [2.24, 2.45) is 0 Å². The van der Waals surface area contributed by atoms with Crippen molar-refractivity contribution >= 4 is 17.3 Å². The average molecular weight is 196 g/mol. The Balaban J connectivity index is 1.78. The number of thiophene rings is 1. The number of esters is 1. The molecule has 3 heteroatoms. The molecule has 1 aromatic heterocycles. The van der Waals surface area contributed by atoms with Crippen LogP contribution in [0.1, 0.15) is 24.1 Å². The van der Waals surface area contributed by atoms with Crippen LogP contribution in [0.25, 0.3) is 0 Å². The molecule has 0 atom stereocenters. The maximum atomic E-state index is 11.3. The van der Waals surface area contributed by atoms with Gasteiger partial charge in [-0.25, -0.2) is 0 Å². The molecule has 1 saturated carbocycles. The monoisotopic (exact) mass is 196 g/mol. The molecule has 0 unspecified atom stereocenters. The second kappa shape index (κ2) is 3.92. The number of carbonyl (C=O) groups excluding carboxylic acids is 1. The highest BCUT2D eigenvalue weighted by molar-refractivity contribution is 7.10. The number of hydrogen-bond donors (Lipinski definition) is 0. The number of ether oxygens (including phenoxy) is 1. The van der Waals surface area contributed by atoms with Crippen LogP contribution in [0.4, 0.5) is 0 Å². The van der Waals surface area contributed by atoms with Crippen molar-refractivity contribution in [3.8, 4) is 0 Å². The van der Waals surface area contributed by atoms with E-state index in [2.05, 4.69) is 0 Å². The van der Waals surface area contributed by atoms with Crippen LogP contribution in [0.2, 0.25) is 0 Å². The minimum Gasteiger partial charge on any atom is -0.462 e. The van der Waals surface area contributed by atoms with Crippen LogP contribution in [-0.4, -0.2) is 12.1 Å². The lowest BCUT2D eigenvalue weighted by atomic mass is 9.96. The molecule has 13 heavy (non-hydrogen) atoms. The Bertz CT molecular complexity index is 275. The first-order valence-electron chi connectivity index (χ1n) is 4.56. The quantitative estimate of drug-likeness (QED) is 0.694. The number of carbonyl (C=O) groups is 1. The molecule has 1 aliphatic carbocycles. The second-order valence-corrected chi connectivity index (χ2v) is 4.33. The van der Waals surface area contributed by atoms with Crippen molar-refractivity contribution in [1.82, 2.24) is 0 Å². The molecule has 0 radical (unpaired) electrons. The third kappa shape index (κ3) is 2.31. The van der Waals surface area contributed by atoms with Crippen LogP contribution >= 0.6 is 11.3 Å². The zero-order valence-corrected chi connectivity index (χ0v) is 8.18. The lowest BCUT2D eigenvalue weighted by molar-refractivity contribution is -0.151. The van der Waals surface area contributed by atoms with E-state index in [-0.39, 0.29) is 12.1 Å². The topological polar surface area (TPSA) is 26.3 Å². The van der Waals surface area contributed by atoms with Gasteiger partial charge in [0.05, 0.1) is 6.42 Å². The third-order valence-electron chi connectivity index (χ3n) is 2.25. The smallest absolute Gasteiger partial charge is 0.311 e. The van der Waals surface area contributed by atoms with Gasteiger partial charge in [-0.15, -0.1) is 11.3 Å². The molecule has 0 amide bonds. The molecule has 1 fully saturated rings. The molecule has 70 valence electrons. The van der Waals surface area contributed by atoms with Gasteiger partial charge in [-0.2, -0.15) is 0 Å². The highest BCUT2D eigenvalue weighted by Crippen LogP contribution is 2.22. The zero-order chi connectivity index (χ0) is 9.10. The lowest BCUT2D eigenvalue weighted by Gasteiger charge is -2.24. The fraction of sp³-hybridized carbons (Fsp3) is 0.500. The van der Waals surface area contributed by atoms with Crippen LogP contribution in [0, 0.1) is 0 Å². The van der Waals surface area contributed by atoms with Gasteiger partial charge in [-0.3, -0.25) is 4.79 Å². The fourth-order valence-electron chi connectivity index (χ4n) is 1.27. The summed E-state index contributed by atoms with van der Waals surface area (Å²) in [7, 11) is 0. The molecule has 0 N–H and O–H groups in total. The molecule has 1 heterocycles. The second-order valence-electron chi connectivity index (χ2n) is 3.30. The van der Waals surface area contributed by atoms with Crippen molar-refractivity contribution in [2.45, 2.75) is 31.8 Å². The maximum absolute atomic E-state index is 11.3. The summed E-state index contributed by atoms with van der Waals surface area (Å²) in [6.07, 6.45) is 3.96. The Labute approximate surface area is 81.5 Å². The van der Waals surface area contributed by atoms with Crippen LogP contribution in [-0.2, 0) is 16.0 Å². The zero-order valence-electron chi connectivity index (χ0n) is 7.36. The van der Waals surface area contributed by atoms with Crippen LogP contribution in [0.5, 0.6) is 0 Å². The first kappa shape index (κ1) is 8.75. The highest BCUT2D eigenvalue weighted by Gasteiger charge is 2.21. The first-order chi connectivity index (χ1) is 6.34. The SMILES string of the molecule is O=C(Cc1cccs1)OC1CCC1. The molecule has 0 saturated heterocycles. The predicted molar refractivity (Wildman–Crippen MR) is 51.8 cm³/mol. The Morgan fingerprint density at radius 3 is 3.00 bits per heavy atom. The average Bonchev–Trinajstić information content (AvgIpc) is 2.49. The molecule has 0 bridgehead atoms. The summed E-state index contributed by atoms with van der Waals surface area (Å²) in [5.74, 6) is -0.0767. The van der Waals surface area contributed by atoms with E-state index in [1.54, 1.807) is 11.3 Å². The van der Waals surface area contributed by atoms with Crippen LogP contribution in [0.3, 0.4) is 0 Å². The maximum Gasteiger partial charge on any atom is 0.311 e. The summed E-state index contributed by atoms with van der Waals surface area (Å²) in [5, 5.41) is 1.98. The van der Waals surface area contributed by atoms with Gasteiger partial charge in [0, 0.05) is 4.88 Å². The van der Waals surface area contributed by atoms with E-state index in [4.69, 9.17) is 4.74 Å². The van der Waals surface area contributed by atoms with E-state index in [1.807, 2.05) is 17.5 Å². The van der Waals surface area contributed by atoms with Gasteiger partial charge in [0.1, 0.15) is 6.10 Å². The van der Waals surface area contributed by atoms with Crippen molar-refractivity contribution < 1.29 is 9.53 Å². The summed E-state index contributed by atoms with van der Waals surface area (Å²) >= 11 is 1.60. The largest absolute Gasteiger partial charge is 0.462 e. The molecule has 2 rings (SSSR count). The molecular formula is C10H12O2S. The van der Waals surface area contributed by atoms with Gasteiger partial charge < -0.3 is 4.74 Å². The first-order valence-corrected chi connectivity index (χ1v) is 5.44. The van der Waals surface area contributed by atoms with Crippen molar-refractivity contribution in [3.05, 3.63) is 22.4 Å². The van der Waals surface area contributed by atoms with Crippen LogP contribution < -0.4 is 0 Å². The summed E-state index contributed by atoms with van der Waals surface area (Å²) in [5.41, 5.74) is 0. The van der Waals surface area contributed by atoms with Crippen molar-refractivity contribution in [3.63, 3.8) is 0 Å². The van der Waals surface area contributed by atoms with Crippen LogP contribution in [0.15, 0.2) is 17.5 Å². The summed E-state index contributed by atoms with van der Waals surface area (Å²) in [4.78, 5) is 12.4. The van der Waals surface area contributed by atoms with Gasteiger partial charge in [0.15, 0.2) is 0 Å². The molecule has 0 aromatic carbocycles. The Morgan fingerprint density at radius 1 is 1.62 bits per heavy atom. The minimum absolute atomic E-state index is 0.0767. The molecule has 2 nitrogen and oxygen atoms in total. The summed E-state index contributed by atoms with van der Waals surface area (Å²) in [6, 6.07) is 3.92. The van der Waals surface area contributed by atoms with Gasteiger partial charge in [-0.05, 0) is 30.7 Å². The molecular weight excluding hydrogens is 184 g/mol. The standard InChI is InChI=1S/C10H12O2S/c11-10(12-8-3-1-4-8)7-9-5-2-6-13-9/h2,5-6,8H,1,3-4,7H2. The lowest BCUT2D eigenvalue weighted by Crippen LogP contribution is -2.25. The van der Waals surface area contributed by atoms with Gasteiger partial charge in [-0.1, -0.05) is 6.07 Å².